The highest BCUT2D eigenvalue weighted by molar-refractivity contribution is 7.91. The lowest BCUT2D eigenvalue weighted by Gasteiger charge is -2.19. The fourth-order valence-corrected chi connectivity index (χ4v) is 4.52. The number of halogens is 1. The van der Waals surface area contributed by atoms with Gasteiger partial charge in [-0.25, -0.2) is 8.42 Å². The highest BCUT2D eigenvalue weighted by Crippen LogP contribution is 2.29. The maximum absolute atomic E-state index is 13.2. The Morgan fingerprint density at radius 3 is 2.36 bits per heavy atom. The van der Waals surface area contributed by atoms with Crippen LogP contribution in [0.4, 0.5) is 0 Å². The molecule has 3 aromatic rings. The van der Waals surface area contributed by atoms with E-state index in [0.717, 1.165) is 5.56 Å². The van der Waals surface area contributed by atoms with Gasteiger partial charge in [-0.2, -0.15) is 0 Å². The van der Waals surface area contributed by atoms with Crippen molar-refractivity contribution in [3.63, 3.8) is 0 Å². The molecule has 0 fully saturated rings. The third-order valence-corrected chi connectivity index (χ3v) is 6.70. The Labute approximate surface area is 169 Å². The van der Waals surface area contributed by atoms with E-state index in [9.17, 15) is 13.2 Å². The van der Waals surface area contributed by atoms with E-state index in [0.29, 0.717) is 16.1 Å². The van der Waals surface area contributed by atoms with Gasteiger partial charge in [0.1, 0.15) is 5.25 Å². The van der Waals surface area contributed by atoms with E-state index in [1.54, 1.807) is 30.5 Å². The molecule has 0 saturated heterocycles. The molecule has 7 heteroatoms. The summed E-state index contributed by atoms with van der Waals surface area (Å²) >= 11 is 5.88. The molecular weight excluding hydrogens is 396 g/mol. The number of pyridine rings is 1. The number of aromatic nitrogens is 1. The van der Waals surface area contributed by atoms with E-state index >= 15 is 0 Å². The summed E-state index contributed by atoms with van der Waals surface area (Å²) < 4.78 is 26.4. The summed E-state index contributed by atoms with van der Waals surface area (Å²) in [7, 11) is -3.77. The molecule has 3 rings (SSSR count). The molecule has 1 heterocycles. The second-order valence-corrected chi connectivity index (χ2v) is 8.92. The van der Waals surface area contributed by atoms with Crippen LogP contribution in [0.15, 0.2) is 78.0 Å². The molecule has 2 aromatic carbocycles. The quantitative estimate of drug-likeness (QED) is 0.661. The van der Waals surface area contributed by atoms with Gasteiger partial charge in [0, 0.05) is 29.5 Å². The number of nitrogens with zero attached hydrogens (tertiary/aromatic N) is 1. The molecule has 28 heavy (non-hydrogen) atoms. The van der Waals surface area contributed by atoms with Crippen molar-refractivity contribution in [3.8, 4) is 0 Å². The van der Waals surface area contributed by atoms with Gasteiger partial charge >= 0.3 is 0 Å². The molecule has 1 amide bonds. The largest absolute Gasteiger partial charge is 0.350 e. The predicted octanol–water partition coefficient (Wildman–Crippen LogP) is 3.99. The fourth-order valence-electron chi connectivity index (χ4n) is 2.75. The number of carbonyl (C=O) groups excluding carboxylic acids is 1. The number of hydrogen-bond donors (Lipinski definition) is 1. The van der Waals surface area contributed by atoms with Gasteiger partial charge in [0.15, 0.2) is 9.84 Å². The van der Waals surface area contributed by atoms with E-state index < -0.39 is 15.1 Å². The lowest BCUT2D eigenvalue weighted by atomic mass is 10.1. The van der Waals surface area contributed by atoms with Crippen molar-refractivity contribution in [2.24, 2.45) is 0 Å². The molecule has 1 unspecified atom stereocenters. The van der Waals surface area contributed by atoms with Gasteiger partial charge < -0.3 is 5.32 Å². The molecule has 5 nitrogen and oxygen atoms in total. The zero-order valence-electron chi connectivity index (χ0n) is 15.2. The maximum atomic E-state index is 13.2. The Bertz CT molecular complexity index is 1050. The lowest BCUT2D eigenvalue weighted by Crippen LogP contribution is -2.32. The molecule has 1 atom stereocenters. The number of rotatable bonds is 6. The van der Waals surface area contributed by atoms with E-state index in [1.807, 2.05) is 19.1 Å². The standard InChI is InChI=1S/C21H19ClN2O3S/c1-15-4-6-16(7-5-15)21(25)24-14-20(17-3-2-12-23-13-17)28(26,27)19-10-8-18(22)9-11-19/h2-13,20H,14H2,1H3,(H,24,25). The first kappa shape index (κ1) is 20.0. The van der Waals surface area contributed by atoms with Gasteiger partial charge in [-0.1, -0.05) is 35.4 Å². The first-order valence-electron chi connectivity index (χ1n) is 8.62. The van der Waals surface area contributed by atoms with Gasteiger partial charge in [-0.05, 0) is 55.0 Å². The molecule has 0 aliphatic rings. The molecule has 0 saturated carbocycles. The van der Waals surface area contributed by atoms with Crippen LogP contribution in [0.5, 0.6) is 0 Å². The van der Waals surface area contributed by atoms with Gasteiger partial charge in [0.25, 0.3) is 5.91 Å². The smallest absolute Gasteiger partial charge is 0.251 e. The van der Waals surface area contributed by atoms with Crippen LogP contribution < -0.4 is 5.32 Å². The van der Waals surface area contributed by atoms with Crippen LogP contribution in [-0.2, 0) is 9.84 Å². The molecule has 0 radical (unpaired) electrons. The van der Waals surface area contributed by atoms with Crippen molar-refractivity contribution < 1.29 is 13.2 Å². The van der Waals surface area contributed by atoms with E-state index in [4.69, 9.17) is 11.6 Å². The van der Waals surface area contributed by atoms with Crippen LogP contribution in [0.3, 0.4) is 0 Å². The topological polar surface area (TPSA) is 76.1 Å². The van der Waals surface area contributed by atoms with Crippen LogP contribution in [0, 0.1) is 6.92 Å². The Hall–Kier alpha value is -2.70. The lowest BCUT2D eigenvalue weighted by molar-refractivity contribution is 0.0953. The second-order valence-electron chi connectivity index (χ2n) is 6.35. The highest BCUT2D eigenvalue weighted by Gasteiger charge is 2.30. The van der Waals surface area contributed by atoms with Gasteiger partial charge in [0.05, 0.1) is 4.90 Å². The van der Waals surface area contributed by atoms with Crippen molar-refractivity contribution in [1.82, 2.24) is 10.3 Å². The first-order valence-corrected chi connectivity index (χ1v) is 10.5. The monoisotopic (exact) mass is 414 g/mol. The number of amides is 1. The van der Waals surface area contributed by atoms with Crippen molar-refractivity contribution in [2.45, 2.75) is 17.1 Å². The summed E-state index contributed by atoms with van der Waals surface area (Å²) in [5.41, 5.74) is 2.01. The zero-order chi connectivity index (χ0) is 20.1. The van der Waals surface area contributed by atoms with Crippen molar-refractivity contribution in [3.05, 3.63) is 94.8 Å². The maximum Gasteiger partial charge on any atom is 0.251 e. The second kappa shape index (κ2) is 8.54. The SMILES string of the molecule is Cc1ccc(C(=O)NCC(c2cccnc2)S(=O)(=O)c2ccc(Cl)cc2)cc1. The number of benzene rings is 2. The van der Waals surface area contributed by atoms with Crippen LogP contribution in [0.25, 0.3) is 0 Å². The summed E-state index contributed by atoms with van der Waals surface area (Å²) in [6.07, 6.45) is 3.07. The third kappa shape index (κ3) is 4.58. The van der Waals surface area contributed by atoms with Crippen LogP contribution in [0.2, 0.25) is 5.02 Å². The predicted molar refractivity (Wildman–Crippen MR) is 109 cm³/mol. The fraction of sp³-hybridized carbons (Fsp3) is 0.143. The Balaban J connectivity index is 1.88. The minimum absolute atomic E-state index is 0.0800. The number of carbonyl (C=O) groups is 1. The minimum Gasteiger partial charge on any atom is -0.350 e. The summed E-state index contributed by atoms with van der Waals surface area (Å²) in [6.45, 7) is 1.85. The number of nitrogens with one attached hydrogen (secondary N) is 1. The number of aryl methyl sites for hydroxylation is 1. The average molecular weight is 415 g/mol. The van der Waals surface area contributed by atoms with Gasteiger partial charge in [0.2, 0.25) is 0 Å². The van der Waals surface area contributed by atoms with Gasteiger partial charge in [-0.3, -0.25) is 9.78 Å². The Morgan fingerprint density at radius 2 is 1.75 bits per heavy atom. The van der Waals surface area contributed by atoms with Crippen LogP contribution in [-0.4, -0.2) is 25.9 Å². The van der Waals surface area contributed by atoms with E-state index in [2.05, 4.69) is 10.3 Å². The van der Waals surface area contributed by atoms with Crippen molar-refractivity contribution >= 4 is 27.3 Å². The molecule has 1 N–H and O–H groups in total. The number of sulfone groups is 1. The molecule has 0 bridgehead atoms. The van der Waals surface area contributed by atoms with Crippen molar-refractivity contribution in [2.75, 3.05) is 6.54 Å². The summed E-state index contributed by atoms with van der Waals surface area (Å²) in [5, 5.41) is 2.21. The number of hydrogen-bond acceptors (Lipinski definition) is 4. The molecular formula is C21H19ClN2O3S. The third-order valence-electron chi connectivity index (χ3n) is 4.33. The van der Waals surface area contributed by atoms with Crippen LogP contribution in [0.1, 0.15) is 26.7 Å². The molecule has 144 valence electrons. The Morgan fingerprint density at radius 1 is 1.07 bits per heavy atom. The van der Waals surface area contributed by atoms with Crippen molar-refractivity contribution in [1.29, 1.82) is 0 Å². The molecule has 0 spiro atoms. The molecule has 0 aliphatic carbocycles. The van der Waals surface area contributed by atoms with Gasteiger partial charge in [-0.15, -0.1) is 0 Å². The molecule has 0 aliphatic heterocycles. The average Bonchev–Trinajstić information content (AvgIpc) is 2.69. The first-order chi connectivity index (χ1) is 13.4. The van der Waals surface area contributed by atoms with E-state index in [1.165, 1.54) is 30.5 Å². The molecule has 1 aromatic heterocycles. The summed E-state index contributed by atoms with van der Waals surface area (Å²) in [6, 6.07) is 16.4. The minimum atomic E-state index is -3.77. The normalized spacial score (nSPS) is 12.4. The highest BCUT2D eigenvalue weighted by atomic mass is 35.5. The summed E-state index contributed by atoms with van der Waals surface area (Å²) in [4.78, 5) is 16.6. The zero-order valence-corrected chi connectivity index (χ0v) is 16.7. The van der Waals surface area contributed by atoms with E-state index in [-0.39, 0.29) is 17.3 Å². The Kier molecular flexibility index (Phi) is 6.11. The summed E-state index contributed by atoms with van der Waals surface area (Å²) in [5.74, 6) is -0.333. The van der Waals surface area contributed by atoms with Crippen LogP contribution >= 0.6 is 11.6 Å².